The predicted octanol–water partition coefficient (Wildman–Crippen LogP) is 28.4. The number of aromatic nitrogens is 15. The van der Waals surface area contributed by atoms with Gasteiger partial charge in [-0.15, -0.1) is 0 Å². The summed E-state index contributed by atoms with van der Waals surface area (Å²) in [4.78, 5) is 51.6. The van der Waals surface area contributed by atoms with Crippen molar-refractivity contribution in [1.29, 1.82) is 0 Å². The van der Waals surface area contributed by atoms with Crippen LogP contribution in [0.4, 0.5) is 11.5 Å². The molecule has 16 aromatic carbocycles. The summed E-state index contributed by atoms with van der Waals surface area (Å²) in [6.45, 7) is 17.4. The number of rotatable bonds is 4. The molecule has 131 heavy (non-hydrogen) atoms. The molecule has 0 aliphatic heterocycles. The van der Waals surface area contributed by atoms with Gasteiger partial charge in [0.2, 0.25) is 11.9 Å². The Kier molecular flexibility index (Phi) is 14.2. The number of aryl methyl sites for hydroxylation is 1. The molecule has 17 heteroatoms. The Morgan fingerprint density at radius 2 is 0.542 bits per heavy atom. The molecular weight excluding hydrogens is 1610 g/mol. The van der Waals surface area contributed by atoms with E-state index in [1.54, 1.807) is 18.6 Å². The number of hydrogen-bond acceptors (Lipinski definition) is 9. The molecule has 0 saturated carbocycles. The fourth-order valence-electron chi connectivity index (χ4n) is 22.0. The molecule has 31 aromatic rings. The highest BCUT2D eigenvalue weighted by atomic mass is 15.2. The minimum atomic E-state index is 0.298. The van der Waals surface area contributed by atoms with Crippen molar-refractivity contribution in [3.63, 3.8) is 0 Å². The van der Waals surface area contributed by atoms with Gasteiger partial charge >= 0.3 is 5.95 Å². The highest BCUT2D eigenvalue weighted by Crippen LogP contribution is 2.52. The normalized spacial score (nSPS) is 12.3. The van der Waals surface area contributed by atoms with Gasteiger partial charge in [0, 0.05) is 132 Å². The van der Waals surface area contributed by atoms with Crippen molar-refractivity contribution in [2.75, 3.05) is 0 Å². The first-order chi connectivity index (χ1) is 64.8. The van der Waals surface area contributed by atoms with E-state index in [9.17, 15) is 0 Å². The summed E-state index contributed by atoms with van der Waals surface area (Å²) in [5.41, 5.74) is 22.3. The molecule has 0 fully saturated rings. The molecule has 0 atom stereocenters. The highest BCUT2D eigenvalue weighted by molar-refractivity contribution is 6.40. The summed E-state index contributed by atoms with van der Waals surface area (Å²) >= 11 is 0. The molecule has 0 aliphatic rings. The van der Waals surface area contributed by atoms with Crippen LogP contribution in [0.2, 0.25) is 0 Å². The standard InChI is InChI=1S/C42H22N6.C36H18N6.C36H21N5/c1-43-27-18-16-24(17-19-27)39-30-13-8-20-44-41(30)46-42(45-39)48-35-22-26-10-3-2-9-25(26)21-32(35)37-36(48)23-31-28-11-4-6-14-33(28)47-34-15-7-5-12-29(34)38(37)40(31)47;1-37-34-24-13-8-16-38-35(24)40-36(39-34)42-29-18-21-10-3-2-9-20(21)17-26(29)31-30(42)19-25-22-11-4-6-14-27(22)41-28-15-7-5-12-23(28)32(31)33(25)41;1-20-23-13-8-16-37-35(23)39-36(38-20)41-30-18-22-10-3-2-9-21(22)17-27(30)32-31(41)19-26-24-11-4-6-14-28(24)40-29-15-7-5-12-25(29)33(32)34(26)40/h2-23H;2-19H;2-19H,1H3. The van der Waals surface area contributed by atoms with Crippen LogP contribution >= 0.6 is 0 Å². The van der Waals surface area contributed by atoms with Gasteiger partial charge in [0.25, 0.3) is 5.82 Å². The van der Waals surface area contributed by atoms with Gasteiger partial charge in [0.15, 0.2) is 22.6 Å². The Hall–Kier alpha value is -18.5. The van der Waals surface area contributed by atoms with Crippen molar-refractivity contribution >= 4 is 257 Å². The fraction of sp³-hybridized carbons (Fsp3) is 0.00877. The molecule has 0 saturated heterocycles. The first-order valence-corrected chi connectivity index (χ1v) is 43.6. The van der Waals surface area contributed by atoms with Crippen LogP contribution in [0.1, 0.15) is 5.69 Å². The summed E-state index contributed by atoms with van der Waals surface area (Å²) in [7, 11) is 0. The van der Waals surface area contributed by atoms with Crippen LogP contribution in [0.3, 0.4) is 0 Å². The number of hydrogen-bond donors (Lipinski definition) is 0. The second kappa shape index (κ2) is 26.3. The van der Waals surface area contributed by atoms with E-state index in [2.05, 4.69) is 320 Å². The van der Waals surface area contributed by atoms with Gasteiger partial charge in [-0.05, 0) is 166 Å². The topological polar surface area (TPSA) is 153 Å². The quantitative estimate of drug-likeness (QED) is 0.157. The lowest BCUT2D eigenvalue weighted by Crippen LogP contribution is -2.04. The molecule has 0 aliphatic carbocycles. The van der Waals surface area contributed by atoms with Gasteiger partial charge in [-0.2, -0.15) is 15.0 Å². The van der Waals surface area contributed by atoms with Crippen molar-refractivity contribution in [1.82, 2.24) is 71.8 Å². The first-order valence-electron chi connectivity index (χ1n) is 43.6. The van der Waals surface area contributed by atoms with Gasteiger partial charge in [0.05, 0.1) is 101 Å². The third kappa shape index (κ3) is 9.70. The maximum atomic E-state index is 7.91. The van der Waals surface area contributed by atoms with E-state index in [1.807, 2.05) is 67.6 Å². The average Bonchev–Trinajstić information content (AvgIpc) is 1.52. The number of para-hydroxylation sites is 6. The third-order valence-electron chi connectivity index (χ3n) is 27.4. The van der Waals surface area contributed by atoms with Crippen molar-refractivity contribution < 1.29 is 0 Å². The van der Waals surface area contributed by atoms with Crippen LogP contribution < -0.4 is 0 Å². The summed E-state index contributed by atoms with van der Waals surface area (Å²) in [5.74, 6) is 1.95. The van der Waals surface area contributed by atoms with Crippen molar-refractivity contribution in [2.24, 2.45) is 0 Å². The Labute approximate surface area is 740 Å². The van der Waals surface area contributed by atoms with Crippen LogP contribution in [-0.2, 0) is 0 Å². The van der Waals surface area contributed by atoms with Gasteiger partial charge in [-0.3, -0.25) is 13.7 Å². The summed E-state index contributed by atoms with van der Waals surface area (Å²) in [5, 5.41) is 31.3. The molecule has 0 radical (unpaired) electrons. The molecule has 0 spiro atoms. The van der Waals surface area contributed by atoms with Crippen LogP contribution in [-0.4, -0.2) is 71.8 Å². The number of fused-ring (bicyclic) bond motifs is 36. The zero-order valence-corrected chi connectivity index (χ0v) is 69.6. The van der Waals surface area contributed by atoms with Crippen LogP contribution in [0, 0.1) is 20.1 Å². The van der Waals surface area contributed by atoms with E-state index in [-0.39, 0.29) is 0 Å². The lowest BCUT2D eigenvalue weighted by atomic mass is 10.0. The van der Waals surface area contributed by atoms with Crippen molar-refractivity contribution in [2.45, 2.75) is 6.92 Å². The van der Waals surface area contributed by atoms with Crippen LogP contribution in [0.5, 0.6) is 0 Å². The van der Waals surface area contributed by atoms with Crippen LogP contribution in [0.25, 0.3) is 284 Å². The Morgan fingerprint density at radius 1 is 0.229 bits per heavy atom. The molecule has 0 bridgehead atoms. The van der Waals surface area contributed by atoms with Gasteiger partial charge in [0.1, 0.15) is 0 Å². The van der Waals surface area contributed by atoms with Crippen LogP contribution in [0.15, 0.2) is 352 Å². The molecule has 15 aromatic heterocycles. The Morgan fingerprint density at radius 3 is 0.931 bits per heavy atom. The van der Waals surface area contributed by atoms with Gasteiger partial charge < -0.3 is 18.0 Å². The van der Waals surface area contributed by atoms with E-state index in [0.29, 0.717) is 51.7 Å². The van der Waals surface area contributed by atoms with E-state index in [1.165, 1.54) is 152 Å². The SMILES string of the molecule is Cc1nc(-n2c3cc4ccccc4cc3c3c4c5ccccc5n5c6ccccc6c(cc32)c45)nc2ncccc12.[C-]#[N+]c1ccc(-c2nc(-n3c4cc5ccccc5cc4c4c5c6ccccc6n6c7ccccc7c(cc43)c56)nc3ncccc23)cc1.[C-]#[N+]c1nc(-n2c3cc4ccccc4cc3c3c4c5ccccc5n5c6ccccc6c(cc32)c45)nc2ncccc12. The maximum absolute atomic E-state index is 7.91. The molecule has 602 valence electrons. The second-order valence-electron chi connectivity index (χ2n) is 34.1. The smallest absolute Gasteiger partial charge is 0.333 e. The summed E-state index contributed by atoms with van der Waals surface area (Å²) in [6.07, 6.45) is 5.29. The zero-order chi connectivity index (χ0) is 85.9. The van der Waals surface area contributed by atoms with E-state index in [4.69, 9.17) is 48.0 Å². The molecule has 0 amide bonds. The zero-order valence-electron chi connectivity index (χ0n) is 69.6. The molecule has 31 rings (SSSR count). The highest BCUT2D eigenvalue weighted by Gasteiger charge is 2.32. The Bertz CT molecular complexity index is 10600. The predicted molar refractivity (Wildman–Crippen MR) is 534 cm³/mol. The van der Waals surface area contributed by atoms with Crippen molar-refractivity contribution in [3.8, 4) is 29.1 Å². The number of nitrogens with zero attached hydrogens (tertiary/aromatic N) is 17. The number of pyridine rings is 3. The van der Waals surface area contributed by atoms with E-state index < -0.39 is 0 Å². The monoisotopic (exact) mass is 1670 g/mol. The minimum absolute atomic E-state index is 0.298. The second-order valence-corrected chi connectivity index (χ2v) is 34.1. The summed E-state index contributed by atoms with van der Waals surface area (Å²) < 4.78 is 13.9. The van der Waals surface area contributed by atoms with Crippen molar-refractivity contribution in [3.05, 3.63) is 381 Å². The molecule has 15 heterocycles. The lowest BCUT2D eigenvalue weighted by Gasteiger charge is -2.11. The van der Waals surface area contributed by atoms with Gasteiger partial charge in [-0.1, -0.05) is 224 Å². The first kappa shape index (κ1) is 70.9. The maximum Gasteiger partial charge on any atom is 0.333 e. The largest absolute Gasteiger partial charge is 0.360 e. The van der Waals surface area contributed by atoms with Gasteiger partial charge in [-0.25, -0.2) is 29.8 Å². The lowest BCUT2D eigenvalue weighted by molar-refractivity contribution is 0.981. The summed E-state index contributed by atoms with van der Waals surface area (Å²) in [6, 6.07) is 118. The fourth-order valence-corrected chi connectivity index (χ4v) is 22.0. The van der Waals surface area contributed by atoms with E-state index >= 15 is 0 Å². The minimum Gasteiger partial charge on any atom is -0.360 e. The number of benzene rings is 16. The molecular formula is C114H61N17. The third-order valence-corrected chi connectivity index (χ3v) is 27.4. The Balaban J connectivity index is 0.0000000969. The molecule has 17 nitrogen and oxygen atoms in total. The van der Waals surface area contributed by atoms with E-state index in [0.717, 1.165) is 87.8 Å². The average molecular weight is 1670 g/mol. The molecule has 0 unspecified atom stereocenters. The molecule has 0 N–H and O–H groups in total.